The average molecular weight is 312 g/mol. The number of hydrogen-bond acceptors (Lipinski definition) is 3. The second-order valence-electron chi connectivity index (χ2n) is 6.16. The minimum Gasteiger partial charge on any atom is -0.341 e. The van der Waals surface area contributed by atoms with Crippen molar-refractivity contribution >= 4 is 5.91 Å². The fourth-order valence-electron chi connectivity index (χ4n) is 3.27. The van der Waals surface area contributed by atoms with Crippen LogP contribution >= 0.6 is 0 Å². The van der Waals surface area contributed by atoms with Crippen LogP contribution in [0.2, 0.25) is 0 Å². The van der Waals surface area contributed by atoms with E-state index in [9.17, 15) is 4.79 Å². The van der Waals surface area contributed by atoms with Gasteiger partial charge in [-0.15, -0.1) is 0 Å². The van der Waals surface area contributed by atoms with E-state index in [0.29, 0.717) is 13.1 Å². The first-order valence-corrected chi connectivity index (χ1v) is 8.32. The number of nitrogens with zero attached hydrogens (tertiary/aromatic N) is 2. The summed E-state index contributed by atoms with van der Waals surface area (Å²) in [5, 5.41) is 7.11. The van der Waals surface area contributed by atoms with Gasteiger partial charge in [0, 0.05) is 37.7 Å². The number of benzene rings is 1. The number of rotatable bonds is 6. The first kappa shape index (κ1) is 15.7. The van der Waals surface area contributed by atoms with E-state index in [4.69, 9.17) is 5.73 Å². The number of aromatic nitrogens is 2. The summed E-state index contributed by atoms with van der Waals surface area (Å²) in [6.45, 7) is 1.85. The van der Waals surface area contributed by atoms with Crippen LogP contribution in [0.3, 0.4) is 0 Å². The molecule has 1 amide bonds. The number of carbonyl (C=O) groups excluding carboxylic acids is 1. The van der Waals surface area contributed by atoms with Crippen molar-refractivity contribution in [3.8, 4) is 0 Å². The molecule has 0 radical (unpaired) electrons. The van der Waals surface area contributed by atoms with Gasteiger partial charge in [-0.2, -0.15) is 5.10 Å². The third kappa shape index (κ3) is 3.79. The highest BCUT2D eigenvalue weighted by Crippen LogP contribution is 2.25. The summed E-state index contributed by atoms with van der Waals surface area (Å²) in [6.07, 6.45) is 5.34. The Hall–Kier alpha value is -2.14. The number of aryl methyl sites for hydroxylation is 1. The van der Waals surface area contributed by atoms with Gasteiger partial charge < -0.3 is 10.6 Å². The highest BCUT2D eigenvalue weighted by atomic mass is 16.2. The first-order valence-electron chi connectivity index (χ1n) is 8.32. The lowest BCUT2D eigenvalue weighted by Crippen LogP contribution is -2.42. The Kier molecular flexibility index (Phi) is 5.08. The van der Waals surface area contributed by atoms with E-state index in [0.717, 1.165) is 37.9 Å². The predicted octanol–water partition coefficient (Wildman–Crippen LogP) is 1.54. The fraction of sp³-hybridized carbons (Fsp3) is 0.444. The molecule has 1 atom stereocenters. The second kappa shape index (κ2) is 7.42. The van der Waals surface area contributed by atoms with Crippen LogP contribution in [0.1, 0.15) is 23.2 Å². The molecule has 0 bridgehead atoms. The number of hydrogen-bond donors (Lipinski definition) is 2. The summed E-state index contributed by atoms with van der Waals surface area (Å²) < 4.78 is 0. The molecule has 5 nitrogen and oxygen atoms in total. The van der Waals surface area contributed by atoms with Crippen molar-refractivity contribution in [2.24, 2.45) is 11.7 Å². The SMILES string of the molecule is NCCN(CCc1ccccc1)C(=O)C1CCc2cn[nH]c2C1. The van der Waals surface area contributed by atoms with Gasteiger partial charge in [0.1, 0.15) is 0 Å². The molecule has 1 heterocycles. The number of H-pyrrole nitrogens is 1. The molecule has 1 unspecified atom stereocenters. The van der Waals surface area contributed by atoms with Crippen LogP contribution in [0.15, 0.2) is 36.5 Å². The average Bonchev–Trinajstić information content (AvgIpc) is 3.06. The summed E-state index contributed by atoms with van der Waals surface area (Å²) >= 11 is 0. The molecule has 0 fully saturated rings. The third-order valence-electron chi connectivity index (χ3n) is 4.59. The number of nitrogens with one attached hydrogen (secondary N) is 1. The van der Waals surface area contributed by atoms with Crippen molar-refractivity contribution in [3.63, 3.8) is 0 Å². The lowest BCUT2D eigenvalue weighted by atomic mass is 9.87. The molecule has 0 spiro atoms. The van der Waals surface area contributed by atoms with E-state index in [1.807, 2.05) is 29.3 Å². The van der Waals surface area contributed by atoms with Crippen LogP contribution in [0, 0.1) is 5.92 Å². The van der Waals surface area contributed by atoms with E-state index in [-0.39, 0.29) is 11.8 Å². The minimum atomic E-state index is 0.0465. The van der Waals surface area contributed by atoms with Crippen molar-refractivity contribution in [3.05, 3.63) is 53.3 Å². The molecule has 0 saturated carbocycles. The van der Waals surface area contributed by atoms with Gasteiger partial charge in [0.25, 0.3) is 0 Å². The molecule has 122 valence electrons. The van der Waals surface area contributed by atoms with Gasteiger partial charge in [0.05, 0.1) is 6.20 Å². The van der Waals surface area contributed by atoms with Crippen LogP contribution in [-0.4, -0.2) is 40.6 Å². The summed E-state index contributed by atoms with van der Waals surface area (Å²) in [7, 11) is 0. The largest absolute Gasteiger partial charge is 0.341 e. The lowest BCUT2D eigenvalue weighted by Gasteiger charge is -2.29. The summed E-state index contributed by atoms with van der Waals surface area (Å²) in [6, 6.07) is 10.3. The van der Waals surface area contributed by atoms with Crippen LogP contribution < -0.4 is 5.73 Å². The number of amides is 1. The number of nitrogens with two attached hydrogens (primary N) is 1. The van der Waals surface area contributed by atoms with Crippen LogP contribution in [0.5, 0.6) is 0 Å². The Morgan fingerprint density at radius 3 is 2.91 bits per heavy atom. The number of aromatic amines is 1. The van der Waals surface area contributed by atoms with E-state index in [1.165, 1.54) is 11.1 Å². The van der Waals surface area contributed by atoms with Crippen molar-refractivity contribution in [1.29, 1.82) is 0 Å². The smallest absolute Gasteiger partial charge is 0.226 e. The monoisotopic (exact) mass is 312 g/mol. The number of fused-ring (bicyclic) bond motifs is 1. The zero-order valence-electron chi connectivity index (χ0n) is 13.4. The molecule has 2 aromatic rings. The van der Waals surface area contributed by atoms with Crippen molar-refractivity contribution < 1.29 is 4.79 Å². The normalized spacial score (nSPS) is 16.8. The van der Waals surface area contributed by atoms with Gasteiger partial charge in [-0.25, -0.2) is 0 Å². The summed E-state index contributed by atoms with van der Waals surface area (Å²) in [5.74, 6) is 0.275. The zero-order valence-corrected chi connectivity index (χ0v) is 13.4. The number of carbonyl (C=O) groups is 1. The molecule has 1 aromatic heterocycles. The highest BCUT2D eigenvalue weighted by molar-refractivity contribution is 5.79. The Bertz CT molecular complexity index is 637. The molecular formula is C18H24N4O. The Labute approximate surface area is 136 Å². The highest BCUT2D eigenvalue weighted by Gasteiger charge is 2.28. The van der Waals surface area contributed by atoms with Gasteiger partial charge in [-0.3, -0.25) is 9.89 Å². The molecule has 3 rings (SSSR count). The van der Waals surface area contributed by atoms with Crippen LogP contribution in [0.4, 0.5) is 0 Å². The standard InChI is InChI=1S/C18H24N4O/c19-9-11-22(10-8-14-4-2-1-3-5-14)18(23)15-6-7-16-13-20-21-17(16)12-15/h1-5,13,15H,6-12,19H2,(H,20,21). The predicted molar refractivity (Wildman–Crippen MR) is 89.9 cm³/mol. The van der Waals surface area contributed by atoms with Crippen LogP contribution in [-0.2, 0) is 24.1 Å². The van der Waals surface area contributed by atoms with Gasteiger partial charge in [0.2, 0.25) is 5.91 Å². The van der Waals surface area contributed by atoms with E-state index < -0.39 is 0 Å². The first-order chi connectivity index (χ1) is 11.3. The van der Waals surface area contributed by atoms with Gasteiger partial charge in [0.15, 0.2) is 0 Å². The molecule has 5 heteroatoms. The van der Waals surface area contributed by atoms with E-state index >= 15 is 0 Å². The topological polar surface area (TPSA) is 75.0 Å². The molecule has 0 saturated heterocycles. The summed E-state index contributed by atoms with van der Waals surface area (Å²) in [4.78, 5) is 14.8. The molecule has 0 aliphatic heterocycles. The Morgan fingerprint density at radius 1 is 1.30 bits per heavy atom. The van der Waals surface area contributed by atoms with E-state index in [1.54, 1.807) is 0 Å². The molecule has 3 N–H and O–H groups in total. The van der Waals surface area contributed by atoms with Crippen molar-refractivity contribution in [2.75, 3.05) is 19.6 Å². The molecule has 1 aliphatic rings. The van der Waals surface area contributed by atoms with Crippen molar-refractivity contribution in [2.45, 2.75) is 25.7 Å². The maximum Gasteiger partial charge on any atom is 0.226 e. The Balaban J connectivity index is 1.62. The van der Waals surface area contributed by atoms with Gasteiger partial charge >= 0.3 is 0 Å². The summed E-state index contributed by atoms with van der Waals surface area (Å²) in [5.41, 5.74) is 9.34. The van der Waals surface area contributed by atoms with Crippen molar-refractivity contribution in [1.82, 2.24) is 15.1 Å². The fourth-order valence-corrected chi connectivity index (χ4v) is 3.27. The van der Waals surface area contributed by atoms with Crippen LogP contribution in [0.25, 0.3) is 0 Å². The third-order valence-corrected chi connectivity index (χ3v) is 4.59. The molecule has 23 heavy (non-hydrogen) atoms. The quantitative estimate of drug-likeness (QED) is 0.849. The van der Waals surface area contributed by atoms with Gasteiger partial charge in [-0.05, 0) is 30.4 Å². The minimum absolute atomic E-state index is 0.0465. The second-order valence-corrected chi connectivity index (χ2v) is 6.16. The molecular weight excluding hydrogens is 288 g/mol. The maximum absolute atomic E-state index is 12.9. The molecule has 1 aliphatic carbocycles. The van der Waals surface area contributed by atoms with E-state index in [2.05, 4.69) is 22.3 Å². The molecule has 1 aromatic carbocycles. The Morgan fingerprint density at radius 2 is 2.13 bits per heavy atom. The maximum atomic E-state index is 12.9. The van der Waals surface area contributed by atoms with Gasteiger partial charge in [-0.1, -0.05) is 30.3 Å². The zero-order chi connectivity index (χ0) is 16.1. The lowest BCUT2D eigenvalue weighted by molar-refractivity contribution is -0.135.